The third-order valence-corrected chi connectivity index (χ3v) is 2.90. The van der Waals surface area contributed by atoms with E-state index >= 15 is 0 Å². The molecule has 13 heavy (non-hydrogen) atoms. The Labute approximate surface area is 91.3 Å². The Morgan fingerprint density at radius 1 is 1.23 bits per heavy atom. The van der Waals surface area contributed by atoms with Crippen LogP contribution in [-0.2, 0) is 0 Å². The highest BCUT2D eigenvalue weighted by Gasteiger charge is 2.09. The van der Waals surface area contributed by atoms with Crippen LogP contribution in [0.3, 0.4) is 0 Å². The van der Waals surface area contributed by atoms with Crippen LogP contribution in [0.2, 0.25) is 0 Å². The summed E-state index contributed by atoms with van der Waals surface area (Å²) in [6, 6.07) is 3.22. The van der Waals surface area contributed by atoms with Crippen molar-refractivity contribution in [2.24, 2.45) is 0 Å². The van der Waals surface area contributed by atoms with Gasteiger partial charge in [0.05, 0.1) is 4.47 Å². The van der Waals surface area contributed by atoms with Crippen molar-refractivity contribution in [1.82, 2.24) is 0 Å². The first kappa shape index (κ1) is 10.9. The van der Waals surface area contributed by atoms with Crippen molar-refractivity contribution in [1.29, 1.82) is 0 Å². The van der Waals surface area contributed by atoms with Crippen molar-refractivity contribution >= 4 is 31.9 Å². The molecule has 0 heterocycles. The summed E-state index contributed by atoms with van der Waals surface area (Å²) in [6.07, 6.45) is 0. The van der Waals surface area contributed by atoms with Gasteiger partial charge in [-0.05, 0) is 40.5 Å². The van der Waals surface area contributed by atoms with Gasteiger partial charge in [0.25, 0.3) is 0 Å². The molecular formula is C8H6Br2F2O. The van der Waals surface area contributed by atoms with Gasteiger partial charge in [0, 0.05) is 4.47 Å². The third kappa shape index (κ3) is 2.91. The van der Waals surface area contributed by atoms with Gasteiger partial charge in [0.1, 0.15) is 5.75 Å². The topological polar surface area (TPSA) is 9.23 Å². The second-order valence-corrected chi connectivity index (χ2v) is 4.12. The summed E-state index contributed by atoms with van der Waals surface area (Å²) in [4.78, 5) is 0. The van der Waals surface area contributed by atoms with Crippen LogP contribution in [0.15, 0.2) is 21.1 Å². The minimum absolute atomic E-state index is 0.149. The molecule has 0 spiro atoms. The number of ether oxygens (including phenoxy) is 1. The molecule has 0 radical (unpaired) electrons. The van der Waals surface area contributed by atoms with E-state index in [-0.39, 0.29) is 5.75 Å². The Hall–Kier alpha value is -0.160. The summed E-state index contributed by atoms with van der Waals surface area (Å²) in [6.45, 7) is -0.994. The summed E-state index contributed by atoms with van der Waals surface area (Å²) in [5.74, 6) is 0.149. The van der Waals surface area contributed by atoms with Crippen LogP contribution >= 0.6 is 31.9 Å². The number of hydrogen-bond acceptors (Lipinski definition) is 1. The van der Waals surface area contributed by atoms with Gasteiger partial charge in [-0.3, -0.25) is 0 Å². The van der Waals surface area contributed by atoms with Crippen LogP contribution in [0.1, 0.15) is 5.56 Å². The van der Waals surface area contributed by atoms with Crippen molar-refractivity contribution in [3.05, 3.63) is 26.6 Å². The van der Waals surface area contributed by atoms with Crippen LogP contribution in [-0.4, -0.2) is 6.61 Å². The second kappa shape index (κ2) is 4.37. The summed E-state index contributed by atoms with van der Waals surface area (Å²) >= 11 is 6.39. The molecule has 0 aromatic heterocycles. The van der Waals surface area contributed by atoms with Gasteiger partial charge in [-0.2, -0.15) is 8.78 Å². The normalized spacial score (nSPS) is 10.6. The van der Waals surface area contributed by atoms with Gasteiger partial charge in [-0.15, -0.1) is 0 Å². The average molecular weight is 316 g/mol. The zero-order valence-electron chi connectivity index (χ0n) is 6.65. The van der Waals surface area contributed by atoms with E-state index in [1.165, 1.54) is 0 Å². The first-order valence-electron chi connectivity index (χ1n) is 3.41. The SMILES string of the molecule is Cc1cc(OC(F)F)c(Br)cc1Br. The van der Waals surface area contributed by atoms with E-state index < -0.39 is 6.61 Å². The molecule has 0 bridgehead atoms. The molecule has 0 saturated heterocycles. The molecule has 1 rings (SSSR count). The maximum absolute atomic E-state index is 11.9. The maximum Gasteiger partial charge on any atom is 0.387 e. The molecule has 0 aliphatic carbocycles. The lowest BCUT2D eigenvalue weighted by Gasteiger charge is -2.08. The van der Waals surface area contributed by atoms with Gasteiger partial charge in [-0.25, -0.2) is 0 Å². The Morgan fingerprint density at radius 2 is 1.85 bits per heavy atom. The minimum Gasteiger partial charge on any atom is -0.434 e. The summed E-state index contributed by atoms with van der Waals surface area (Å²) < 4.78 is 29.4. The van der Waals surface area contributed by atoms with Gasteiger partial charge < -0.3 is 4.74 Å². The Bertz CT molecular complexity index is 315. The number of hydrogen-bond donors (Lipinski definition) is 0. The zero-order chi connectivity index (χ0) is 10.0. The number of benzene rings is 1. The number of halogens is 4. The number of alkyl halides is 2. The minimum atomic E-state index is -2.79. The molecule has 1 aromatic rings. The highest BCUT2D eigenvalue weighted by molar-refractivity contribution is 9.11. The summed E-state index contributed by atoms with van der Waals surface area (Å²) in [7, 11) is 0. The quantitative estimate of drug-likeness (QED) is 0.797. The van der Waals surface area contributed by atoms with Crippen molar-refractivity contribution in [3.63, 3.8) is 0 Å². The van der Waals surface area contributed by atoms with Crippen molar-refractivity contribution in [2.75, 3.05) is 0 Å². The predicted octanol–water partition coefficient (Wildman–Crippen LogP) is 4.12. The number of rotatable bonds is 2. The lowest BCUT2D eigenvalue weighted by atomic mass is 10.2. The Kier molecular flexibility index (Phi) is 3.67. The van der Waals surface area contributed by atoms with E-state index in [9.17, 15) is 8.78 Å². The van der Waals surface area contributed by atoms with Crippen LogP contribution in [0.4, 0.5) is 8.78 Å². The first-order chi connectivity index (χ1) is 6.00. The van der Waals surface area contributed by atoms with E-state index in [1.807, 2.05) is 0 Å². The number of aryl methyl sites for hydroxylation is 1. The van der Waals surface area contributed by atoms with Crippen LogP contribution in [0.25, 0.3) is 0 Å². The average Bonchev–Trinajstić information content (AvgIpc) is 1.99. The smallest absolute Gasteiger partial charge is 0.387 e. The first-order valence-corrected chi connectivity index (χ1v) is 4.99. The molecule has 0 fully saturated rings. The van der Waals surface area contributed by atoms with E-state index in [2.05, 4.69) is 36.6 Å². The lowest BCUT2D eigenvalue weighted by molar-refractivity contribution is -0.0503. The molecule has 0 aliphatic rings. The summed E-state index contributed by atoms with van der Waals surface area (Å²) in [5.41, 5.74) is 0.846. The van der Waals surface area contributed by atoms with Crippen LogP contribution in [0.5, 0.6) is 5.75 Å². The van der Waals surface area contributed by atoms with Gasteiger partial charge in [0.15, 0.2) is 0 Å². The molecule has 0 aliphatic heterocycles. The molecule has 5 heteroatoms. The van der Waals surface area contributed by atoms with Gasteiger partial charge in [0.2, 0.25) is 0 Å². The fourth-order valence-corrected chi connectivity index (χ4v) is 1.90. The molecule has 1 aromatic carbocycles. The van der Waals surface area contributed by atoms with Crippen molar-refractivity contribution < 1.29 is 13.5 Å². The monoisotopic (exact) mass is 314 g/mol. The van der Waals surface area contributed by atoms with Gasteiger partial charge in [-0.1, -0.05) is 15.9 Å². The van der Waals surface area contributed by atoms with E-state index in [1.54, 1.807) is 19.1 Å². The highest BCUT2D eigenvalue weighted by Crippen LogP contribution is 2.31. The van der Waals surface area contributed by atoms with Crippen LogP contribution < -0.4 is 4.74 Å². The summed E-state index contributed by atoms with van der Waals surface area (Å²) in [5, 5.41) is 0. The largest absolute Gasteiger partial charge is 0.434 e. The van der Waals surface area contributed by atoms with Gasteiger partial charge >= 0.3 is 6.61 Å². The van der Waals surface area contributed by atoms with E-state index in [4.69, 9.17) is 0 Å². The Morgan fingerprint density at radius 3 is 2.38 bits per heavy atom. The Balaban J connectivity index is 3.01. The maximum atomic E-state index is 11.9. The molecule has 0 saturated carbocycles. The molecule has 1 nitrogen and oxygen atoms in total. The fraction of sp³-hybridized carbons (Fsp3) is 0.250. The standard InChI is InChI=1S/C8H6Br2F2O/c1-4-2-7(13-8(11)12)6(10)3-5(4)9/h2-3,8H,1H3. The lowest BCUT2D eigenvalue weighted by Crippen LogP contribution is -2.02. The molecule has 72 valence electrons. The van der Waals surface area contributed by atoms with Crippen molar-refractivity contribution in [3.8, 4) is 5.75 Å². The molecule has 0 atom stereocenters. The van der Waals surface area contributed by atoms with Crippen LogP contribution in [0, 0.1) is 6.92 Å². The predicted molar refractivity (Wildman–Crippen MR) is 53.2 cm³/mol. The molecular weight excluding hydrogens is 310 g/mol. The van der Waals surface area contributed by atoms with E-state index in [0.717, 1.165) is 10.0 Å². The second-order valence-electron chi connectivity index (χ2n) is 2.41. The molecule has 0 amide bonds. The zero-order valence-corrected chi connectivity index (χ0v) is 9.82. The fourth-order valence-electron chi connectivity index (χ4n) is 0.817. The highest BCUT2D eigenvalue weighted by atomic mass is 79.9. The molecule has 0 unspecified atom stereocenters. The van der Waals surface area contributed by atoms with E-state index in [0.29, 0.717) is 4.47 Å². The van der Waals surface area contributed by atoms with Crippen molar-refractivity contribution in [2.45, 2.75) is 13.5 Å². The third-order valence-electron chi connectivity index (χ3n) is 1.43. The molecule has 0 N–H and O–H groups in total.